The summed E-state index contributed by atoms with van der Waals surface area (Å²) < 4.78 is 19.0. The minimum absolute atomic E-state index is 0.318. The third-order valence-electron chi connectivity index (χ3n) is 0.459. The second-order valence-electron chi connectivity index (χ2n) is 1.28. The summed E-state index contributed by atoms with van der Waals surface area (Å²) in [6.45, 7) is 0.659. The van der Waals surface area contributed by atoms with E-state index in [0.29, 0.717) is 13.1 Å². The van der Waals surface area contributed by atoms with Gasteiger partial charge in [-0.2, -0.15) is 0 Å². The van der Waals surface area contributed by atoms with Crippen molar-refractivity contribution in [3.8, 4) is 0 Å². The van der Waals surface area contributed by atoms with Crippen molar-refractivity contribution in [2.24, 2.45) is 10.9 Å². The molecule has 0 fully saturated rings. The molecule has 0 unspecified atom stereocenters. The van der Waals surface area contributed by atoms with Gasteiger partial charge in [0.15, 0.2) is 0 Å². The summed E-state index contributed by atoms with van der Waals surface area (Å²) in [6, 6.07) is 0. The molecule has 0 spiro atoms. The summed E-state index contributed by atoms with van der Waals surface area (Å²) >= 11 is 0. The lowest BCUT2D eigenvalue weighted by atomic mass is 10.7. The number of rotatable bonds is 3. The molecule has 0 bridgehead atoms. The van der Waals surface area contributed by atoms with E-state index < -0.39 is 11.0 Å². The Bertz CT molecular complexity index is 62.8. The summed E-state index contributed by atoms with van der Waals surface area (Å²) in [5.74, 6) is 0. The van der Waals surface area contributed by atoms with E-state index in [9.17, 15) is 0 Å². The summed E-state index contributed by atoms with van der Waals surface area (Å²) in [5.41, 5.74) is 5.01. The summed E-state index contributed by atoms with van der Waals surface area (Å²) in [4.78, 5) is 0. The van der Waals surface area contributed by atoms with Crippen LogP contribution in [-0.4, -0.2) is 22.2 Å². The van der Waals surface area contributed by atoms with Crippen molar-refractivity contribution >= 4 is 11.0 Å². The van der Waals surface area contributed by atoms with Gasteiger partial charge in [-0.15, -0.1) is 0 Å². The summed E-state index contributed by atoms with van der Waals surface area (Å²) in [6.07, 6.45) is 0. The second-order valence-corrected chi connectivity index (χ2v) is 2.75. The second kappa shape index (κ2) is 3.23. The molecular weight excluding hydrogens is 130 g/mol. The smallest absolute Gasteiger partial charge is 0.0283 e. The molecule has 52 valence electrons. The van der Waals surface area contributed by atoms with Crippen LogP contribution >= 0.6 is 11.0 Å². The van der Waals surface area contributed by atoms with Crippen molar-refractivity contribution in [2.75, 3.05) is 13.1 Å². The maximum atomic E-state index is 8.40. The Morgan fingerprint density at radius 2 is 2.00 bits per heavy atom. The first kappa shape index (κ1) is 8.15. The molecule has 0 saturated heterocycles. The summed E-state index contributed by atoms with van der Waals surface area (Å²) in [5, 5.41) is 4.75. The van der Waals surface area contributed by atoms with Gasteiger partial charge in [0.1, 0.15) is 0 Å². The normalized spacial score (nSPS) is 14.0. The zero-order valence-electron chi connectivity index (χ0n) is 4.37. The zero-order valence-corrected chi connectivity index (χ0v) is 5.19. The Hall–Kier alpha value is 0.150. The van der Waals surface area contributed by atoms with Crippen molar-refractivity contribution in [2.45, 2.75) is 0 Å². The third-order valence-corrected chi connectivity index (χ3v) is 1.09. The molecule has 0 radical (unpaired) electrons. The lowest BCUT2D eigenvalue weighted by Crippen LogP contribution is -2.30. The fraction of sp³-hybridized carbons (Fsp3) is 1.00. The molecule has 7 N–H and O–H groups in total. The molecule has 0 rings (SSSR count). The highest BCUT2D eigenvalue weighted by Crippen LogP contribution is 2.19. The van der Waals surface area contributed by atoms with Crippen LogP contribution in [0.3, 0.4) is 0 Å². The van der Waals surface area contributed by atoms with E-state index >= 15 is 0 Å². The van der Waals surface area contributed by atoms with Crippen molar-refractivity contribution in [3.05, 3.63) is 0 Å². The lowest BCUT2D eigenvalue weighted by Gasteiger charge is -2.26. The van der Waals surface area contributed by atoms with E-state index in [2.05, 4.69) is 4.72 Å². The first-order valence-electron chi connectivity index (χ1n) is 2.07. The molecule has 0 saturated carbocycles. The Labute approximate surface area is 49.7 Å². The van der Waals surface area contributed by atoms with Crippen LogP contribution in [0.4, 0.5) is 0 Å². The van der Waals surface area contributed by atoms with Gasteiger partial charge in [0, 0.05) is 13.1 Å². The Kier molecular flexibility index (Phi) is 3.29. The molecule has 8 heavy (non-hydrogen) atoms. The van der Waals surface area contributed by atoms with Gasteiger partial charge in [-0.3, -0.25) is 9.11 Å². The standard InChI is InChI=1S/C2H11N3O2S/c3-1-2-5-8(4,6)7/h5-7H,1-4H2. The van der Waals surface area contributed by atoms with Crippen LogP contribution in [0.1, 0.15) is 0 Å². The Morgan fingerprint density at radius 1 is 1.50 bits per heavy atom. The van der Waals surface area contributed by atoms with Crippen molar-refractivity contribution < 1.29 is 9.11 Å². The SMILES string of the molecule is NCCNS(N)(O)O. The lowest BCUT2D eigenvalue weighted by molar-refractivity contribution is 0.472. The molecular formula is C2H11N3O2S. The molecule has 6 heteroatoms. The van der Waals surface area contributed by atoms with E-state index in [1.54, 1.807) is 0 Å². The zero-order chi connectivity index (χ0) is 6.62. The predicted molar refractivity (Wildman–Crippen MR) is 34.1 cm³/mol. The third kappa shape index (κ3) is 6.15. The van der Waals surface area contributed by atoms with Crippen LogP contribution in [0.5, 0.6) is 0 Å². The maximum absolute atomic E-state index is 8.40. The fourth-order valence-corrected chi connectivity index (χ4v) is 0.627. The molecule has 0 aromatic heterocycles. The van der Waals surface area contributed by atoms with E-state index in [4.69, 9.17) is 20.0 Å². The molecule has 5 nitrogen and oxygen atoms in total. The molecule has 0 aromatic rings. The van der Waals surface area contributed by atoms with Gasteiger partial charge >= 0.3 is 0 Å². The van der Waals surface area contributed by atoms with Gasteiger partial charge in [0.25, 0.3) is 0 Å². The quantitative estimate of drug-likeness (QED) is 0.349. The van der Waals surface area contributed by atoms with Gasteiger partial charge < -0.3 is 5.73 Å². The monoisotopic (exact) mass is 141 g/mol. The highest BCUT2D eigenvalue weighted by molar-refractivity contribution is 8.20. The Morgan fingerprint density at radius 3 is 2.12 bits per heavy atom. The molecule has 0 aromatic carbocycles. The van der Waals surface area contributed by atoms with E-state index in [1.807, 2.05) is 0 Å². The van der Waals surface area contributed by atoms with Crippen LogP contribution in [0.2, 0.25) is 0 Å². The van der Waals surface area contributed by atoms with Crippen LogP contribution in [0.25, 0.3) is 0 Å². The molecule has 0 atom stereocenters. The largest absolute Gasteiger partial charge is 0.329 e. The highest BCUT2D eigenvalue weighted by atomic mass is 32.3. The van der Waals surface area contributed by atoms with E-state index in [0.717, 1.165) is 0 Å². The van der Waals surface area contributed by atoms with Crippen LogP contribution < -0.4 is 15.6 Å². The number of hydrogen-bond acceptors (Lipinski definition) is 5. The molecule has 0 heterocycles. The minimum Gasteiger partial charge on any atom is -0.329 e. The van der Waals surface area contributed by atoms with E-state index in [-0.39, 0.29) is 0 Å². The highest BCUT2D eigenvalue weighted by Gasteiger charge is 1.98. The number of nitrogens with one attached hydrogen (secondary N) is 1. The fourth-order valence-electron chi connectivity index (χ4n) is 0.209. The first-order chi connectivity index (χ1) is 3.56. The van der Waals surface area contributed by atoms with Crippen LogP contribution in [-0.2, 0) is 0 Å². The average molecular weight is 141 g/mol. The topological polar surface area (TPSA) is 105 Å². The molecule has 0 aliphatic rings. The maximum Gasteiger partial charge on any atom is 0.0283 e. The van der Waals surface area contributed by atoms with Crippen molar-refractivity contribution in [3.63, 3.8) is 0 Å². The number of nitrogens with two attached hydrogens (primary N) is 2. The van der Waals surface area contributed by atoms with Gasteiger partial charge in [-0.05, 0) is 0 Å². The van der Waals surface area contributed by atoms with Crippen molar-refractivity contribution in [1.29, 1.82) is 0 Å². The van der Waals surface area contributed by atoms with E-state index in [1.165, 1.54) is 0 Å². The van der Waals surface area contributed by atoms with Gasteiger partial charge in [0.05, 0.1) is 0 Å². The van der Waals surface area contributed by atoms with Crippen molar-refractivity contribution in [1.82, 2.24) is 4.72 Å². The summed E-state index contributed by atoms with van der Waals surface area (Å²) in [7, 11) is -3.02. The molecule has 0 aliphatic carbocycles. The first-order valence-corrected chi connectivity index (χ1v) is 3.68. The predicted octanol–water partition coefficient (Wildman–Crippen LogP) is -0.926. The molecule has 0 amide bonds. The average Bonchev–Trinajstić information content (AvgIpc) is 1.59. The molecule has 0 aliphatic heterocycles. The Balaban J connectivity index is 3.11. The van der Waals surface area contributed by atoms with Crippen LogP contribution in [0, 0.1) is 0 Å². The minimum atomic E-state index is -3.02. The van der Waals surface area contributed by atoms with Crippen LogP contribution in [0.15, 0.2) is 0 Å². The van der Waals surface area contributed by atoms with Gasteiger partial charge in [-0.25, -0.2) is 9.86 Å². The van der Waals surface area contributed by atoms with Gasteiger partial charge in [-0.1, -0.05) is 11.0 Å². The number of hydrogen-bond donors (Lipinski definition) is 5. The van der Waals surface area contributed by atoms with Gasteiger partial charge in [0.2, 0.25) is 0 Å².